The van der Waals surface area contributed by atoms with Crippen molar-refractivity contribution in [2.24, 2.45) is 11.3 Å². The van der Waals surface area contributed by atoms with Gasteiger partial charge in [0.15, 0.2) is 5.76 Å². The topological polar surface area (TPSA) is 58.4 Å². The minimum atomic E-state index is -0.394. The van der Waals surface area contributed by atoms with Gasteiger partial charge in [-0.15, -0.1) is 0 Å². The van der Waals surface area contributed by atoms with Crippen molar-refractivity contribution in [3.8, 4) is 0 Å². The average Bonchev–Trinajstić information content (AvgIpc) is 3.15. The molecule has 1 saturated carbocycles. The molecule has 4 rings (SSSR count). The first kappa shape index (κ1) is 20.1. The van der Waals surface area contributed by atoms with Crippen LogP contribution in [-0.2, 0) is 13.0 Å². The number of hydrogen-bond donors (Lipinski definition) is 1. The van der Waals surface area contributed by atoms with E-state index in [0.29, 0.717) is 11.5 Å². The summed E-state index contributed by atoms with van der Waals surface area (Å²) in [5, 5.41) is 7.35. The van der Waals surface area contributed by atoms with Crippen LogP contribution in [0, 0.1) is 17.2 Å². The molecule has 1 saturated heterocycles. The van der Waals surface area contributed by atoms with Gasteiger partial charge in [-0.25, -0.2) is 4.39 Å². The van der Waals surface area contributed by atoms with Crippen molar-refractivity contribution in [3.63, 3.8) is 0 Å². The van der Waals surface area contributed by atoms with Crippen molar-refractivity contribution in [2.75, 3.05) is 13.1 Å². The van der Waals surface area contributed by atoms with Gasteiger partial charge in [-0.1, -0.05) is 31.5 Å². The summed E-state index contributed by atoms with van der Waals surface area (Å²) < 4.78 is 18.9. The van der Waals surface area contributed by atoms with Gasteiger partial charge in [-0.05, 0) is 68.3 Å². The maximum Gasteiger partial charge on any atom is 0.251 e. The number of rotatable bonds is 6. The summed E-state index contributed by atoms with van der Waals surface area (Å²) in [5.41, 5.74) is 1.31. The first-order valence-electron chi connectivity index (χ1n) is 10.6. The standard InChI is InChI=1S/C23H30FN3O2/c1-23(2)17(13-21(23)25-22(28)16-7-6-8-18(24)11-16)12-19-14-20(29-26-19)15-27-9-4-3-5-10-27/h6-8,11,14,17,21H,3-5,9-10,12-13,15H2,1-2H3,(H,25,28). The van der Waals surface area contributed by atoms with E-state index in [1.54, 1.807) is 12.1 Å². The number of nitrogens with zero attached hydrogens (tertiary/aromatic N) is 2. The number of nitrogens with one attached hydrogen (secondary N) is 1. The van der Waals surface area contributed by atoms with Gasteiger partial charge >= 0.3 is 0 Å². The van der Waals surface area contributed by atoms with Gasteiger partial charge in [0.2, 0.25) is 0 Å². The SMILES string of the molecule is CC1(C)C(Cc2cc(CN3CCCCC3)on2)CC1NC(=O)c1cccc(F)c1. The predicted molar refractivity (Wildman–Crippen MR) is 109 cm³/mol. The van der Waals surface area contributed by atoms with E-state index in [0.717, 1.165) is 43.9 Å². The lowest BCUT2D eigenvalue weighted by atomic mass is 9.57. The number of halogens is 1. The summed E-state index contributed by atoms with van der Waals surface area (Å²) in [6.07, 6.45) is 5.59. The van der Waals surface area contributed by atoms with Gasteiger partial charge in [0.05, 0.1) is 12.2 Å². The Kier molecular flexibility index (Phi) is 5.72. The summed E-state index contributed by atoms with van der Waals surface area (Å²) in [4.78, 5) is 14.9. The van der Waals surface area contributed by atoms with Crippen LogP contribution in [0.5, 0.6) is 0 Å². The van der Waals surface area contributed by atoms with E-state index in [4.69, 9.17) is 4.52 Å². The molecule has 29 heavy (non-hydrogen) atoms. The van der Waals surface area contributed by atoms with E-state index < -0.39 is 5.82 Å². The average molecular weight is 400 g/mol. The van der Waals surface area contributed by atoms with Crippen LogP contribution < -0.4 is 5.32 Å². The molecule has 2 unspecified atom stereocenters. The Labute approximate surface area is 171 Å². The molecule has 1 aromatic heterocycles. The van der Waals surface area contributed by atoms with Gasteiger partial charge in [0.25, 0.3) is 5.91 Å². The summed E-state index contributed by atoms with van der Waals surface area (Å²) in [5.74, 6) is 0.754. The Morgan fingerprint density at radius 1 is 1.28 bits per heavy atom. The highest BCUT2D eigenvalue weighted by molar-refractivity contribution is 5.94. The van der Waals surface area contributed by atoms with E-state index >= 15 is 0 Å². The van der Waals surface area contributed by atoms with Crippen LogP contribution in [0.15, 0.2) is 34.9 Å². The largest absolute Gasteiger partial charge is 0.360 e. The molecule has 2 aromatic rings. The Bertz CT molecular complexity index is 857. The molecule has 0 spiro atoms. The van der Waals surface area contributed by atoms with Crippen molar-refractivity contribution in [3.05, 3.63) is 53.2 Å². The van der Waals surface area contributed by atoms with Crippen molar-refractivity contribution >= 4 is 5.91 Å². The molecule has 1 aliphatic heterocycles. The number of hydrogen-bond acceptors (Lipinski definition) is 4. The second-order valence-corrected chi connectivity index (χ2v) is 9.12. The minimum absolute atomic E-state index is 0.0467. The molecule has 2 fully saturated rings. The number of aromatic nitrogens is 1. The Balaban J connectivity index is 1.30. The van der Waals surface area contributed by atoms with Crippen molar-refractivity contribution in [1.82, 2.24) is 15.4 Å². The van der Waals surface area contributed by atoms with Crippen LogP contribution in [-0.4, -0.2) is 35.1 Å². The molecule has 6 heteroatoms. The minimum Gasteiger partial charge on any atom is -0.360 e. The predicted octanol–water partition coefficient (Wildman–Crippen LogP) is 4.19. The molecule has 1 amide bonds. The zero-order chi connectivity index (χ0) is 20.4. The molecule has 1 N–H and O–H groups in total. The highest BCUT2D eigenvalue weighted by atomic mass is 19.1. The molecular weight excluding hydrogens is 369 g/mol. The second-order valence-electron chi connectivity index (χ2n) is 9.12. The lowest BCUT2D eigenvalue weighted by Crippen LogP contribution is -2.58. The molecule has 1 aliphatic carbocycles. The highest BCUT2D eigenvalue weighted by Crippen LogP contribution is 2.47. The van der Waals surface area contributed by atoms with Crippen LogP contribution in [0.3, 0.4) is 0 Å². The summed E-state index contributed by atoms with van der Waals surface area (Å²) in [7, 11) is 0. The van der Waals surface area contributed by atoms with Gasteiger partial charge < -0.3 is 9.84 Å². The molecular formula is C23H30FN3O2. The third-order valence-corrected chi connectivity index (χ3v) is 6.75. The molecule has 2 atom stereocenters. The van der Waals surface area contributed by atoms with Crippen molar-refractivity contribution < 1.29 is 13.7 Å². The van der Waals surface area contributed by atoms with E-state index in [-0.39, 0.29) is 17.4 Å². The van der Waals surface area contributed by atoms with E-state index in [1.165, 1.54) is 31.4 Å². The van der Waals surface area contributed by atoms with Crippen molar-refractivity contribution in [1.29, 1.82) is 0 Å². The third kappa shape index (κ3) is 4.53. The zero-order valence-corrected chi connectivity index (χ0v) is 17.3. The van der Waals surface area contributed by atoms with Crippen LogP contribution in [0.2, 0.25) is 0 Å². The fraction of sp³-hybridized carbons (Fsp3) is 0.565. The number of piperidine rings is 1. The molecule has 2 heterocycles. The van der Waals surface area contributed by atoms with Crippen LogP contribution in [0.25, 0.3) is 0 Å². The molecule has 0 bridgehead atoms. The highest BCUT2D eigenvalue weighted by Gasteiger charge is 2.48. The molecule has 0 radical (unpaired) electrons. The molecule has 156 valence electrons. The Morgan fingerprint density at radius 3 is 2.79 bits per heavy atom. The number of carbonyl (C=O) groups excluding carboxylic acids is 1. The molecule has 2 aliphatic rings. The Morgan fingerprint density at radius 2 is 2.07 bits per heavy atom. The number of carbonyl (C=O) groups is 1. The summed E-state index contributed by atoms with van der Waals surface area (Å²) in [6, 6.07) is 7.98. The quantitative estimate of drug-likeness (QED) is 0.791. The van der Waals surface area contributed by atoms with Gasteiger partial charge in [-0.3, -0.25) is 9.69 Å². The monoisotopic (exact) mass is 399 g/mol. The fourth-order valence-electron chi connectivity index (χ4n) is 4.60. The van der Waals surface area contributed by atoms with Crippen LogP contribution in [0.1, 0.15) is 61.3 Å². The second kappa shape index (κ2) is 8.27. The van der Waals surface area contributed by atoms with Gasteiger partial charge in [0.1, 0.15) is 5.82 Å². The lowest BCUT2D eigenvalue weighted by molar-refractivity contribution is 0.0138. The first-order valence-corrected chi connectivity index (χ1v) is 10.6. The smallest absolute Gasteiger partial charge is 0.251 e. The first-order chi connectivity index (χ1) is 13.9. The van der Waals surface area contributed by atoms with E-state index in [9.17, 15) is 9.18 Å². The van der Waals surface area contributed by atoms with Gasteiger partial charge in [0, 0.05) is 17.7 Å². The maximum absolute atomic E-state index is 13.4. The number of benzene rings is 1. The molecule has 5 nitrogen and oxygen atoms in total. The van der Waals surface area contributed by atoms with Gasteiger partial charge in [-0.2, -0.15) is 0 Å². The maximum atomic E-state index is 13.4. The Hall–Kier alpha value is -2.21. The number of likely N-dealkylation sites (tertiary alicyclic amines) is 1. The molecule has 1 aromatic carbocycles. The number of amides is 1. The van der Waals surface area contributed by atoms with E-state index in [2.05, 4.69) is 35.3 Å². The van der Waals surface area contributed by atoms with Crippen molar-refractivity contribution in [2.45, 2.75) is 58.5 Å². The lowest BCUT2D eigenvalue weighted by Gasteiger charge is -2.52. The summed E-state index contributed by atoms with van der Waals surface area (Å²) in [6.45, 7) is 7.46. The zero-order valence-electron chi connectivity index (χ0n) is 17.3. The van der Waals surface area contributed by atoms with E-state index in [1.807, 2.05) is 0 Å². The van der Waals surface area contributed by atoms with Crippen LogP contribution in [0.4, 0.5) is 4.39 Å². The fourth-order valence-corrected chi connectivity index (χ4v) is 4.60. The summed E-state index contributed by atoms with van der Waals surface area (Å²) >= 11 is 0. The third-order valence-electron chi connectivity index (χ3n) is 6.75. The normalized spacial score (nSPS) is 24.1. The van der Waals surface area contributed by atoms with Crippen LogP contribution >= 0.6 is 0 Å².